The van der Waals surface area contributed by atoms with Crippen LogP contribution in [-0.2, 0) is 21.4 Å². The third-order valence-corrected chi connectivity index (χ3v) is 6.32. The Morgan fingerprint density at radius 1 is 1.07 bits per heavy atom. The first-order valence-electron chi connectivity index (χ1n) is 8.39. The van der Waals surface area contributed by atoms with Gasteiger partial charge in [0.25, 0.3) is 0 Å². The van der Waals surface area contributed by atoms with E-state index in [0.29, 0.717) is 15.6 Å². The molecule has 0 aliphatic heterocycles. The molecule has 0 aliphatic rings. The number of halogens is 2. The van der Waals surface area contributed by atoms with Gasteiger partial charge < -0.3 is 5.32 Å². The average molecular weight is 429 g/mol. The monoisotopic (exact) mass is 428 g/mol. The van der Waals surface area contributed by atoms with Crippen molar-refractivity contribution < 1.29 is 13.2 Å². The normalized spacial score (nSPS) is 11.8. The van der Waals surface area contributed by atoms with E-state index in [1.54, 1.807) is 30.3 Å². The number of benzene rings is 2. The molecule has 0 saturated heterocycles. The molecular formula is C19H22Cl2N2O3S. The molecule has 146 valence electrons. The molecule has 1 N–H and O–H groups in total. The summed E-state index contributed by atoms with van der Waals surface area (Å²) in [4.78, 5) is 12.4. The maximum Gasteiger partial charge on any atom is 0.243 e. The van der Waals surface area contributed by atoms with Gasteiger partial charge in [0.15, 0.2) is 0 Å². The Morgan fingerprint density at radius 2 is 1.70 bits per heavy atom. The van der Waals surface area contributed by atoms with E-state index >= 15 is 0 Å². The zero-order valence-corrected chi connectivity index (χ0v) is 17.7. The number of hydrogen-bond donors (Lipinski definition) is 1. The molecule has 0 spiro atoms. The Morgan fingerprint density at radius 3 is 2.26 bits per heavy atom. The maximum absolute atomic E-state index is 13.1. The second-order valence-corrected chi connectivity index (χ2v) is 9.31. The van der Waals surface area contributed by atoms with Gasteiger partial charge in [0.2, 0.25) is 15.9 Å². The minimum Gasteiger partial charge on any atom is -0.353 e. The molecule has 0 radical (unpaired) electrons. The van der Waals surface area contributed by atoms with Crippen LogP contribution in [0, 0.1) is 6.92 Å². The zero-order chi connectivity index (χ0) is 20.2. The molecular weight excluding hydrogens is 407 g/mol. The van der Waals surface area contributed by atoms with Crippen LogP contribution in [-0.4, -0.2) is 31.2 Å². The Labute approximate surface area is 170 Å². The molecule has 27 heavy (non-hydrogen) atoms. The molecule has 2 rings (SSSR count). The molecule has 0 aromatic heterocycles. The summed E-state index contributed by atoms with van der Waals surface area (Å²) >= 11 is 12.0. The number of rotatable bonds is 7. The first kappa shape index (κ1) is 21.7. The summed E-state index contributed by atoms with van der Waals surface area (Å²) in [5, 5.41) is 3.43. The van der Waals surface area contributed by atoms with Crippen LogP contribution in [0.15, 0.2) is 47.4 Å². The predicted molar refractivity (Wildman–Crippen MR) is 109 cm³/mol. The van der Waals surface area contributed by atoms with Gasteiger partial charge >= 0.3 is 0 Å². The Balaban J connectivity index is 2.37. The van der Waals surface area contributed by atoms with Crippen molar-refractivity contribution in [2.24, 2.45) is 0 Å². The van der Waals surface area contributed by atoms with Crippen LogP contribution in [0.1, 0.15) is 25.0 Å². The van der Waals surface area contributed by atoms with Crippen molar-refractivity contribution >= 4 is 39.1 Å². The van der Waals surface area contributed by atoms with Crippen LogP contribution in [0.4, 0.5) is 0 Å². The fourth-order valence-electron chi connectivity index (χ4n) is 2.45. The lowest BCUT2D eigenvalue weighted by Gasteiger charge is -2.23. The molecule has 5 nitrogen and oxygen atoms in total. The van der Waals surface area contributed by atoms with Gasteiger partial charge in [-0.3, -0.25) is 4.79 Å². The summed E-state index contributed by atoms with van der Waals surface area (Å²) in [7, 11) is -3.87. The highest BCUT2D eigenvalue weighted by molar-refractivity contribution is 7.89. The first-order valence-corrected chi connectivity index (χ1v) is 10.6. The number of amides is 1. The summed E-state index contributed by atoms with van der Waals surface area (Å²) in [6.45, 7) is 5.21. The van der Waals surface area contributed by atoms with Crippen molar-refractivity contribution in [3.8, 4) is 0 Å². The maximum atomic E-state index is 13.1. The van der Waals surface area contributed by atoms with Crippen LogP contribution < -0.4 is 5.32 Å². The van der Waals surface area contributed by atoms with Gasteiger partial charge in [-0.2, -0.15) is 4.31 Å². The first-order chi connectivity index (χ1) is 12.6. The van der Waals surface area contributed by atoms with E-state index in [0.717, 1.165) is 9.87 Å². The number of nitrogens with zero attached hydrogens (tertiary/aromatic N) is 1. The van der Waals surface area contributed by atoms with Crippen LogP contribution in [0.25, 0.3) is 0 Å². The van der Waals surface area contributed by atoms with Crippen LogP contribution in [0.2, 0.25) is 10.0 Å². The van der Waals surface area contributed by atoms with Crippen molar-refractivity contribution in [3.63, 3.8) is 0 Å². The average Bonchev–Trinajstić information content (AvgIpc) is 2.57. The van der Waals surface area contributed by atoms with E-state index in [-0.39, 0.29) is 29.9 Å². The highest BCUT2D eigenvalue weighted by Crippen LogP contribution is 2.25. The van der Waals surface area contributed by atoms with Crippen molar-refractivity contribution in [1.82, 2.24) is 9.62 Å². The van der Waals surface area contributed by atoms with E-state index in [2.05, 4.69) is 5.32 Å². The number of nitrogens with one attached hydrogen (secondary N) is 1. The van der Waals surface area contributed by atoms with E-state index in [4.69, 9.17) is 23.2 Å². The van der Waals surface area contributed by atoms with Crippen molar-refractivity contribution in [2.75, 3.05) is 6.54 Å². The number of hydrogen-bond acceptors (Lipinski definition) is 3. The number of sulfonamides is 1. The molecule has 2 aromatic rings. The molecule has 0 bridgehead atoms. The van der Waals surface area contributed by atoms with Crippen molar-refractivity contribution in [3.05, 3.63) is 63.6 Å². The Kier molecular flexibility index (Phi) is 7.28. The van der Waals surface area contributed by atoms with Crippen molar-refractivity contribution in [1.29, 1.82) is 0 Å². The Bertz CT molecular complexity index is 913. The molecule has 0 heterocycles. The molecule has 0 saturated carbocycles. The van der Waals surface area contributed by atoms with Gasteiger partial charge in [0.05, 0.1) is 21.5 Å². The second-order valence-electron chi connectivity index (χ2n) is 6.56. The van der Waals surface area contributed by atoms with Crippen LogP contribution in [0.3, 0.4) is 0 Å². The van der Waals surface area contributed by atoms with Gasteiger partial charge in [-0.25, -0.2) is 8.42 Å². The van der Waals surface area contributed by atoms with Gasteiger partial charge in [0, 0.05) is 12.6 Å². The fourth-order valence-corrected chi connectivity index (χ4v) is 4.16. The summed E-state index contributed by atoms with van der Waals surface area (Å²) in [6.07, 6.45) is 0. The number of carbonyl (C=O) groups is 1. The van der Waals surface area contributed by atoms with E-state index in [1.165, 1.54) is 12.1 Å². The second kappa shape index (κ2) is 9.06. The molecule has 0 aliphatic carbocycles. The van der Waals surface area contributed by atoms with Gasteiger partial charge in [0.1, 0.15) is 0 Å². The van der Waals surface area contributed by atoms with Gasteiger partial charge in [-0.1, -0.05) is 47.0 Å². The third-order valence-electron chi connectivity index (χ3n) is 3.77. The third kappa shape index (κ3) is 5.94. The largest absolute Gasteiger partial charge is 0.353 e. The smallest absolute Gasteiger partial charge is 0.243 e. The quantitative estimate of drug-likeness (QED) is 0.723. The minimum absolute atomic E-state index is 0.00138. The van der Waals surface area contributed by atoms with Gasteiger partial charge in [-0.05, 0) is 50.6 Å². The standard InChI is InChI=1S/C19H22Cl2N2O3S/c1-13(2)22-19(24)12-23(11-15-6-9-17(20)18(21)10-15)27(25,26)16-7-4-14(3)5-8-16/h4-10,13H,11-12H2,1-3H3,(H,22,24). The van der Waals surface area contributed by atoms with Crippen LogP contribution >= 0.6 is 23.2 Å². The van der Waals surface area contributed by atoms with Crippen LogP contribution in [0.5, 0.6) is 0 Å². The lowest BCUT2D eigenvalue weighted by molar-refractivity contribution is -0.121. The summed E-state index contributed by atoms with van der Waals surface area (Å²) in [5.41, 5.74) is 1.58. The lowest BCUT2D eigenvalue weighted by Crippen LogP contribution is -2.42. The van der Waals surface area contributed by atoms with E-state index in [1.807, 2.05) is 20.8 Å². The summed E-state index contributed by atoms with van der Waals surface area (Å²) < 4.78 is 27.3. The zero-order valence-electron chi connectivity index (χ0n) is 15.4. The minimum atomic E-state index is -3.87. The highest BCUT2D eigenvalue weighted by Gasteiger charge is 2.27. The summed E-state index contributed by atoms with van der Waals surface area (Å²) in [6, 6.07) is 11.3. The number of aryl methyl sites for hydroxylation is 1. The fraction of sp³-hybridized carbons (Fsp3) is 0.316. The van der Waals surface area contributed by atoms with E-state index < -0.39 is 10.0 Å². The van der Waals surface area contributed by atoms with Crippen molar-refractivity contribution in [2.45, 2.75) is 38.3 Å². The molecule has 2 aromatic carbocycles. The summed E-state index contributed by atoms with van der Waals surface area (Å²) in [5.74, 6) is -0.374. The number of carbonyl (C=O) groups excluding carboxylic acids is 1. The Hall–Kier alpha value is -1.60. The molecule has 0 atom stereocenters. The highest BCUT2D eigenvalue weighted by atomic mass is 35.5. The molecule has 1 amide bonds. The lowest BCUT2D eigenvalue weighted by atomic mass is 10.2. The van der Waals surface area contributed by atoms with E-state index in [9.17, 15) is 13.2 Å². The molecule has 0 unspecified atom stereocenters. The molecule has 0 fully saturated rings. The topological polar surface area (TPSA) is 66.5 Å². The van der Waals surface area contributed by atoms with Gasteiger partial charge in [-0.15, -0.1) is 0 Å². The predicted octanol–water partition coefficient (Wildman–Crippen LogP) is 4.02. The SMILES string of the molecule is Cc1ccc(S(=O)(=O)N(CC(=O)NC(C)C)Cc2ccc(Cl)c(Cl)c2)cc1. The molecule has 8 heteroatoms.